The van der Waals surface area contributed by atoms with Crippen molar-refractivity contribution in [2.24, 2.45) is 12.0 Å². The zero-order valence-electron chi connectivity index (χ0n) is 39.4. The summed E-state index contributed by atoms with van der Waals surface area (Å²) in [7, 11) is 3.96. The molecule has 5 aromatic carbocycles. The first-order valence-corrected chi connectivity index (χ1v) is 21.8. The number of benzene rings is 5. The number of nitrogens with zero attached hydrogens (tertiary/aromatic N) is 2. The molecule has 3 heteroatoms. The highest BCUT2D eigenvalue weighted by atomic mass is 16.5. The van der Waals surface area contributed by atoms with Gasteiger partial charge < -0.3 is 9.30 Å². The van der Waals surface area contributed by atoms with Gasteiger partial charge in [0.15, 0.2) is 0 Å². The van der Waals surface area contributed by atoms with Crippen LogP contribution in [0.25, 0.3) is 28.0 Å². The first-order chi connectivity index (χ1) is 28.6. The highest BCUT2D eigenvalue weighted by molar-refractivity contribution is 6.09. The zero-order chi connectivity index (χ0) is 44.5. The molecule has 0 fully saturated rings. The zero-order valence-corrected chi connectivity index (χ0v) is 39.4. The summed E-state index contributed by atoms with van der Waals surface area (Å²) in [6, 6.07) is 46.8. The van der Waals surface area contributed by atoms with Gasteiger partial charge in [-0.1, -0.05) is 205 Å². The van der Waals surface area contributed by atoms with Crippen molar-refractivity contribution in [1.82, 2.24) is 4.57 Å². The topological polar surface area (TPSA) is 26.5 Å². The minimum absolute atomic E-state index is 0.0249. The maximum absolute atomic E-state index is 6.23. The normalized spacial score (nSPS) is 13.2. The number of aromatic nitrogens is 1. The van der Waals surface area contributed by atoms with Crippen LogP contribution >= 0.6 is 0 Å². The lowest BCUT2D eigenvalue weighted by atomic mass is 9.85. The Kier molecular flexibility index (Phi) is 12.8. The monoisotopic (exact) mass is 809 g/mol. The van der Waals surface area contributed by atoms with Crippen LogP contribution < -0.4 is 4.74 Å². The van der Waals surface area contributed by atoms with Gasteiger partial charge in [0.05, 0.1) is 24.2 Å². The fourth-order valence-corrected chi connectivity index (χ4v) is 7.98. The van der Waals surface area contributed by atoms with Crippen LogP contribution in [-0.4, -0.2) is 17.4 Å². The molecule has 316 valence electrons. The Hall–Kier alpha value is -5.67. The minimum atomic E-state index is 0.0249. The molecule has 1 heterocycles. The van der Waals surface area contributed by atoms with E-state index in [0.717, 1.165) is 61.9 Å². The summed E-state index contributed by atoms with van der Waals surface area (Å²) in [5.74, 6) is 0.786. The molecule has 0 aliphatic heterocycles. The predicted molar refractivity (Wildman–Crippen MR) is 263 cm³/mol. The summed E-state index contributed by atoms with van der Waals surface area (Å²) in [4.78, 5) is 5.70. The van der Waals surface area contributed by atoms with E-state index >= 15 is 0 Å². The van der Waals surface area contributed by atoms with Gasteiger partial charge in [0, 0.05) is 41.4 Å². The van der Waals surface area contributed by atoms with Crippen molar-refractivity contribution in [3.63, 3.8) is 0 Å². The van der Waals surface area contributed by atoms with Gasteiger partial charge in [-0.15, -0.1) is 0 Å². The third-order valence-electron chi connectivity index (χ3n) is 11.9. The largest absolute Gasteiger partial charge is 0.496 e. The Balaban J connectivity index is 1.74. The smallest absolute Gasteiger partial charge is 0.126 e. The van der Waals surface area contributed by atoms with Gasteiger partial charge in [0.25, 0.3) is 0 Å². The number of hydrogen-bond acceptors (Lipinski definition) is 2. The molecule has 0 spiro atoms. The van der Waals surface area contributed by atoms with Crippen LogP contribution in [-0.2, 0) is 35.1 Å². The molecule has 0 saturated carbocycles. The average Bonchev–Trinajstić information content (AvgIpc) is 3.55. The van der Waals surface area contributed by atoms with Crippen LogP contribution in [0.5, 0.6) is 5.75 Å². The lowest BCUT2D eigenvalue weighted by molar-refractivity contribution is 0.413. The molecule has 1 aromatic heterocycles. The number of para-hydroxylation sites is 1. The molecule has 0 N–H and O–H groups in total. The van der Waals surface area contributed by atoms with E-state index in [0.29, 0.717) is 6.42 Å². The van der Waals surface area contributed by atoms with Crippen LogP contribution in [0.4, 0.5) is 0 Å². The lowest BCUT2D eigenvalue weighted by Gasteiger charge is -2.22. The van der Waals surface area contributed by atoms with E-state index < -0.39 is 0 Å². The SMILES string of the molecule is C=C/C(=N\C(Cc1ccc(C(C)(C)C)cc1)=C(\c1ccccc1OC)c1c(-c2ccc(C(C)(C)C)cc2)cc(-c2ccc(C(C)(C)C)cc2)n1C)c1ccc(C(C)(C)C)cc1. The van der Waals surface area contributed by atoms with Gasteiger partial charge in [0.2, 0.25) is 0 Å². The van der Waals surface area contributed by atoms with Crippen molar-refractivity contribution in [2.75, 3.05) is 7.11 Å². The Morgan fingerprint density at radius 1 is 0.590 bits per heavy atom. The van der Waals surface area contributed by atoms with Crippen molar-refractivity contribution in [2.45, 2.75) is 111 Å². The van der Waals surface area contributed by atoms with Gasteiger partial charge in [-0.2, -0.15) is 0 Å². The Labute approximate surface area is 368 Å². The second-order valence-corrected chi connectivity index (χ2v) is 20.7. The molecule has 0 unspecified atom stereocenters. The number of aliphatic imine (C=N–C) groups is 1. The van der Waals surface area contributed by atoms with E-state index in [1.54, 1.807) is 7.11 Å². The Morgan fingerprint density at radius 3 is 1.49 bits per heavy atom. The average molecular weight is 809 g/mol. The van der Waals surface area contributed by atoms with Gasteiger partial charge >= 0.3 is 0 Å². The maximum Gasteiger partial charge on any atom is 0.126 e. The molecule has 0 aliphatic rings. The van der Waals surface area contributed by atoms with Crippen LogP contribution in [0, 0.1) is 0 Å². The first-order valence-electron chi connectivity index (χ1n) is 21.8. The molecule has 3 nitrogen and oxygen atoms in total. The van der Waals surface area contributed by atoms with Gasteiger partial charge in [-0.3, -0.25) is 4.99 Å². The summed E-state index contributed by atoms with van der Waals surface area (Å²) in [5.41, 5.74) is 16.9. The summed E-state index contributed by atoms with van der Waals surface area (Å²) < 4.78 is 8.59. The van der Waals surface area contributed by atoms with E-state index in [1.165, 1.54) is 27.8 Å². The molecule has 0 atom stereocenters. The fourth-order valence-electron chi connectivity index (χ4n) is 7.98. The second kappa shape index (κ2) is 17.4. The van der Waals surface area contributed by atoms with Gasteiger partial charge in [0.1, 0.15) is 5.75 Å². The standard InChI is InChI=1S/C58H68N2O/c1-16-49(41-25-33-45(34-26-41)57(8,9)10)59-50(37-39-21-29-43(30-22-39)55(2,3)4)53(47-19-17-18-20-52(47)61-15)54-48(40-23-31-44(32-24-40)56(5,6)7)38-51(60(54)14)42-27-35-46(36-28-42)58(11,12)13/h16-36,38H,1,37H2,2-15H3/b53-50-,59-49+. The number of ether oxygens (including phenoxy) is 1. The Bertz CT molecular complexity index is 2530. The molecule has 0 saturated heterocycles. The maximum atomic E-state index is 6.23. The van der Waals surface area contributed by atoms with Gasteiger partial charge in [-0.25, -0.2) is 0 Å². The highest BCUT2D eigenvalue weighted by Gasteiger charge is 2.27. The van der Waals surface area contributed by atoms with Crippen molar-refractivity contribution in [3.05, 3.63) is 190 Å². The first kappa shape index (κ1) is 44.9. The van der Waals surface area contributed by atoms with E-state index in [9.17, 15) is 0 Å². The Morgan fingerprint density at radius 2 is 1.03 bits per heavy atom. The fraction of sp³-hybridized carbons (Fsp3) is 0.328. The predicted octanol–water partition coefficient (Wildman–Crippen LogP) is 15.2. The molecule has 0 radical (unpaired) electrons. The van der Waals surface area contributed by atoms with Crippen LogP contribution in [0.2, 0.25) is 0 Å². The summed E-state index contributed by atoms with van der Waals surface area (Å²) in [6.45, 7) is 31.5. The van der Waals surface area contributed by atoms with Crippen molar-refractivity contribution in [3.8, 4) is 28.1 Å². The number of rotatable bonds is 10. The molecular weight excluding hydrogens is 741 g/mol. The minimum Gasteiger partial charge on any atom is -0.496 e. The highest BCUT2D eigenvalue weighted by Crippen LogP contribution is 2.44. The summed E-state index contributed by atoms with van der Waals surface area (Å²) in [6.07, 6.45) is 2.48. The molecular formula is C58H68N2O. The summed E-state index contributed by atoms with van der Waals surface area (Å²) in [5, 5.41) is 0. The molecule has 0 amide bonds. The molecule has 0 aliphatic carbocycles. The van der Waals surface area contributed by atoms with Crippen molar-refractivity contribution >= 4 is 11.3 Å². The quantitative estimate of drug-likeness (QED) is 0.127. The van der Waals surface area contributed by atoms with Crippen molar-refractivity contribution < 1.29 is 4.74 Å². The second-order valence-electron chi connectivity index (χ2n) is 20.7. The van der Waals surface area contributed by atoms with Gasteiger partial charge in [-0.05, 0) is 78.8 Å². The van der Waals surface area contributed by atoms with E-state index in [2.05, 4.69) is 223 Å². The third kappa shape index (κ3) is 10.1. The van der Waals surface area contributed by atoms with E-state index in [4.69, 9.17) is 9.73 Å². The van der Waals surface area contributed by atoms with E-state index in [1.807, 2.05) is 12.1 Å². The summed E-state index contributed by atoms with van der Waals surface area (Å²) >= 11 is 0. The van der Waals surface area contributed by atoms with Crippen LogP contribution in [0.15, 0.2) is 151 Å². The molecule has 6 aromatic rings. The van der Waals surface area contributed by atoms with Crippen LogP contribution in [0.1, 0.15) is 128 Å². The lowest BCUT2D eigenvalue weighted by Crippen LogP contribution is -2.12. The molecule has 0 bridgehead atoms. The number of methoxy groups -OCH3 is 1. The van der Waals surface area contributed by atoms with Crippen molar-refractivity contribution in [1.29, 1.82) is 0 Å². The number of allylic oxidation sites excluding steroid dienone is 2. The van der Waals surface area contributed by atoms with Crippen LogP contribution in [0.3, 0.4) is 0 Å². The third-order valence-corrected chi connectivity index (χ3v) is 11.9. The molecule has 6 rings (SSSR count). The number of hydrogen-bond donors (Lipinski definition) is 0. The van der Waals surface area contributed by atoms with E-state index in [-0.39, 0.29) is 21.7 Å². The molecule has 61 heavy (non-hydrogen) atoms.